The van der Waals surface area contributed by atoms with Gasteiger partial charge in [0.05, 0.1) is 19.6 Å². The van der Waals surface area contributed by atoms with E-state index in [4.69, 9.17) is 9.47 Å². The fourth-order valence-corrected chi connectivity index (χ4v) is 2.80. The van der Waals surface area contributed by atoms with E-state index in [-0.39, 0.29) is 5.56 Å². The molecule has 0 bridgehead atoms. The number of aromatic nitrogens is 1. The summed E-state index contributed by atoms with van der Waals surface area (Å²) in [7, 11) is 3.17. The van der Waals surface area contributed by atoms with Crippen molar-refractivity contribution in [2.45, 2.75) is 13.5 Å². The van der Waals surface area contributed by atoms with Crippen molar-refractivity contribution in [3.05, 3.63) is 59.0 Å². The van der Waals surface area contributed by atoms with E-state index < -0.39 is 0 Å². The molecule has 0 N–H and O–H groups in total. The van der Waals surface area contributed by atoms with Crippen molar-refractivity contribution in [3.8, 4) is 22.6 Å². The van der Waals surface area contributed by atoms with E-state index in [1.54, 1.807) is 24.9 Å². The third-order valence-corrected chi connectivity index (χ3v) is 4.02. The molecule has 1 heterocycles. The molecule has 118 valence electrons. The molecule has 0 amide bonds. The van der Waals surface area contributed by atoms with Gasteiger partial charge in [-0.1, -0.05) is 30.3 Å². The molecular weight excluding hydrogens is 290 g/mol. The first-order valence-electron chi connectivity index (χ1n) is 7.54. The topological polar surface area (TPSA) is 40.5 Å². The highest BCUT2D eigenvalue weighted by Gasteiger charge is 2.14. The van der Waals surface area contributed by atoms with Crippen LogP contribution in [0.1, 0.15) is 6.92 Å². The van der Waals surface area contributed by atoms with Gasteiger partial charge in [0.25, 0.3) is 5.56 Å². The molecule has 3 aromatic rings. The maximum absolute atomic E-state index is 12.7. The molecule has 4 nitrogen and oxygen atoms in total. The molecule has 0 saturated heterocycles. The van der Waals surface area contributed by atoms with Crippen LogP contribution >= 0.6 is 0 Å². The predicted molar refractivity (Wildman–Crippen MR) is 92.4 cm³/mol. The van der Waals surface area contributed by atoms with E-state index in [2.05, 4.69) is 0 Å². The Balaban J connectivity index is 2.43. The lowest BCUT2D eigenvalue weighted by atomic mass is 10.00. The van der Waals surface area contributed by atoms with Crippen LogP contribution in [0.5, 0.6) is 11.5 Å². The minimum absolute atomic E-state index is 0.0249. The summed E-state index contributed by atoms with van der Waals surface area (Å²) in [6, 6.07) is 13.7. The Morgan fingerprint density at radius 2 is 1.57 bits per heavy atom. The molecule has 2 aromatic carbocycles. The summed E-state index contributed by atoms with van der Waals surface area (Å²) in [5.41, 5.74) is 2.04. The van der Waals surface area contributed by atoms with Crippen molar-refractivity contribution < 1.29 is 9.47 Å². The molecule has 3 rings (SSSR count). The zero-order valence-electron chi connectivity index (χ0n) is 13.5. The van der Waals surface area contributed by atoms with Gasteiger partial charge in [-0.15, -0.1) is 0 Å². The second kappa shape index (κ2) is 6.16. The van der Waals surface area contributed by atoms with Crippen molar-refractivity contribution >= 4 is 10.8 Å². The van der Waals surface area contributed by atoms with E-state index in [0.717, 1.165) is 16.5 Å². The second-order valence-corrected chi connectivity index (χ2v) is 5.25. The molecule has 0 saturated carbocycles. The van der Waals surface area contributed by atoms with Crippen LogP contribution in [0.4, 0.5) is 0 Å². The number of pyridine rings is 1. The quantitative estimate of drug-likeness (QED) is 0.737. The molecule has 1 aromatic heterocycles. The summed E-state index contributed by atoms with van der Waals surface area (Å²) < 4.78 is 12.5. The molecule has 0 unspecified atom stereocenters. The van der Waals surface area contributed by atoms with Gasteiger partial charge in [-0.3, -0.25) is 4.79 Å². The SMILES string of the molecule is CCn1cc(-c2ccccc2)c2cc(OC)c(OC)cc2c1=O. The fourth-order valence-electron chi connectivity index (χ4n) is 2.80. The molecule has 0 spiro atoms. The van der Waals surface area contributed by atoms with Gasteiger partial charge >= 0.3 is 0 Å². The monoisotopic (exact) mass is 309 g/mol. The van der Waals surface area contributed by atoms with Gasteiger partial charge in [-0.2, -0.15) is 0 Å². The third-order valence-electron chi connectivity index (χ3n) is 4.02. The van der Waals surface area contributed by atoms with Gasteiger partial charge < -0.3 is 14.0 Å². The average Bonchev–Trinajstić information content (AvgIpc) is 2.61. The highest BCUT2D eigenvalue weighted by molar-refractivity contribution is 5.97. The van der Waals surface area contributed by atoms with Crippen molar-refractivity contribution in [2.24, 2.45) is 0 Å². The van der Waals surface area contributed by atoms with Crippen molar-refractivity contribution in [2.75, 3.05) is 14.2 Å². The van der Waals surface area contributed by atoms with Crippen LogP contribution in [0.2, 0.25) is 0 Å². The fraction of sp³-hybridized carbons (Fsp3) is 0.211. The zero-order chi connectivity index (χ0) is 16.4. The Hall–Kier alpha value is -2.75. The van der Waals surface area contributed by atoms with Crippen LogP contribution in [-0.4, -0.2) is 18.8 Å². The molecule has 0 radical (unpaired) electrons. The number of methoxy groups -OCH3 is 2. The van der Waals surface area contributed by atoms with E-state index in [1.165, 1.54) is 0 Å². The second-order valence-electron chi connectivity index (χ2n) is 5.25. The number of ether oxygens (including phenoxy) is 2. The maximum atomic E-state index is 12.7. The van der Waals surface area contributed by atoms with Crippen molar-refractivity contribution in [3.63, 3.8) is 0 Å². The van der Waals surface area contributed by atoms with Gasteiger partial charge in [0, 0.05) is 23.7 Å². The standard InChI is InChI=1S/C19H19NO3/c1-4-20-12-16(13-8-6-5-7-9-13)14-10-17(22-2)18(23-3)11-15(14)19(20)21/h5-12H,4H2,1-3H3. The van der Waals surface area contributed by atoms with E-state index in [0.29, 0.717) is 23.4 Å². The van der Waals surface area contributed by atoms with Crippen LogP contribution in [0.15, 0.2) is 53.5 Å². The number of hydrogen-bond donors (Lipinski definition) is 0. The lowest BCUT2D eigenvalue weighted by molar-refractivity contribution is 0.356. The van der Waals surface area contributed by atoms with Crippen LogP contribution in [0.25, 0.3) is 21.9 Å². The number of fused-ring (bicyclic) bond motifs is 1. The van der Waals surface area contributed by atoms with E-state index in [9.17, 15) is 4.79 Å². The maximum Gasteiger partial charge on any atom is 0.258 e. The Morgan fingerprint density at radius 1 is 0.957 bits per heavy atom. The van der Waals surface area contributed by atoms with Crippen LogP contribution < -0.4 is 15.0 Å². The summed E-state index contributed by atoms with van der Waals surface area (Å²) in [5.74, 6) is 1.18. The first-order valence-corrected chi connectivity index (χ1v) is 7.54. The predicted octanol–water partition coefficient (Wildman–Crippen LogP) is 3.71. The summed E-state index contributed by atoms with van der Waals surface area (Å²) in [5, 5.41) is 1.49. The normalized spacial score (nSPS) is 10.7. The number of hydrogen-bond acceptors (Lipinski definition) is 3. The van der Waals surface area contributed by atoms with Gasteiger partial charge in [0.15, 0.2) is 11.5 Å². The average molecular weight is 309 g/mol. The lowest BCUT2D eigenvalue weighted by Crippen LogP contribution is -2.19. The Labute approximate surface area is 134 Å². The molecule has 23 heavy (non-hydrogen) atoms. The number of nitrogens with zero attached hydrogens (tertiary/aromatic N) is 1. The molecule has 4 heteroatoms. The summed E-state index contributed by atoms with van der Waals surface area (Å²) in [4.78, 5) is 12.7. The molecule has 0 aliphatic carbocycles. The molecular formula is C19H19NO3. The van der Waals surface area contributed by atoms with Crippen molar-refractivity contribution in [1.29, 1.82) is 0 Å². The molecule has 0 fully saturated rings. The summed E-state index contributed by atoms with van der Waals surface area (Å²) in [6.45, 7) is 2.58. The van der Waals surface area contributed by atoms with E-state index in [1.807, 2.05) is 49.5 Å². The number of aryl methyl sites for hydroxylation is 1. The Morgan fingerprint density at radius 3 is 2.13 bits per heavy atom. The number of benzene rings is 2. The highest BCUT2D eigenvalue weighted by atomic mass is 16.5. The molecule has 0 atom stereocenters. The zero-order valence-corrected chi connectivity index (χ0v) is 13.5. The summed E-state index contributed by atoms with van der Waals surface area (Å²) in [6.07, 6.45) is 1.91. The third kappa shape index (κ3) is 2.57. The minimum Gasteiger partial charge on any atom is -0.493 e. The molecule has 0 aliphatic heterocycles. The van der Waals surface area contributed by atoms with Crippen LogP contribution in [-0.2, 0) is 6.54 Å². The van der Waals surface area contributed by atoms with Crippen LogP contribution in [0, 0.1) is 0 Å². The van der Waals surface area contributed by atoms with E-state index >= 15 is 0 Å². The largest absolute Gasteiger partial charge is 0.493 e. The lowest BCUT2D eigenvalue weighted by Gasteiger charge is -2.14. The highest BCUT2D eigenvalue weighted by Crippen LogP contribution is 2.35. The Bertz CT molecular complexity index is 898. The van der Waals surface area contributed by atoms with Gasteiger partial charge in [0.1, 0.15) is 0 Å². The van der Waals surface area contributed by atoms with Gasteiger partial charge in [-0.05, 0) is 24.6 Å². The smallest absolute Gasteiger partial charge is 0.258 e. The first kappa shape index (κ1) is 15.2. The van der Waals surface area contributed by atoms with Gasteiger partial charge in [-0.25, -0.2) is 0 Å². The Kier molecular flexibility index (Phi) is 4.06. The number of rotatable bonds is 4. The van der Waals surface area contributed by atoms with Gasteiger partial charge in [0.2, 0.25) is 0 Å². The van der Waals surface area contributed by atoms with Crippen LogP contribution in [0.3, 0.4) is 0 Å². The summed E-state index contributed by atoms with van der Waals surface area (Å²) >= 11 is 0. The van der Waals surface area contributed by atoms with Crippen molar-refractivity contribution in [1.82, 2.24) is 4.57 Å². The minimum atomic E-state index is -0.0249. The molecule has 0 aliphatic rings. The first-order chi connectivity index (χ1) is 11.2.